The SMILES string of the molecule is Nc1cc(-c2ccnc(Nc3ccc(N4CCOCC4)cc3)n2)ccc1OCCNC(=O)CO. The number of nitrogens with zero attached hydrogens (tertiary/aromatic N) is 3. The van der Waals surface area contributed by atoms with Gasteiger partial charge in [-0.15, -0.1) is 0 Å². The lowest BCUT2D eigenvalue weighted by Crippen LogP contribution is -2.36. The van der Waals surface area contributed by atoms with Crippen molar-refractivity contribution in [2.24, 2.45) is 0 Å². The van der Waals surface area contributed by atoms with Gasteiger partial charge in [-0.3, -0.25) is 4.79 Å². The third kappa shape index (κ3) is 6.12. The number of hydrogen-bond acceptors (Lipinski definition) is 9. The summed E-state index contributed by atoms with van der Waals surface area (Å²) >= 11 is 0. The van der Waals surface area contributed by atoms with Crippen molar-refractivity contribution in [2.75, 3.05) is 62.0 Å². The lowest BCUT2D eigenvalue weighted by Gasteiger charge is -2.28. The van der Waals surface area contributed by atoms with Gasteiger partial charge in [0.15, 0.2) is 0 Å². The van der Waals surface area contributed by atoms with Crippen molar-refractivity contribution >= 4 is 28.9 Å². The van der Waals surface area contributed by atoms with Gasteiger partial charge >= 0.3 is 0 Å². The highest BCUT2D eigenvalue weighted by Gasteiger charge is 2.11. The number of amides is 1. The fourth-order valence-corrected chi connectivity index (χ4v) is 3.53. The Kier molecular flexibility index (Phi) is 7.74. The van der Waals surface area contributed by atoms with Crippen molar-refractivity contribution in [3.8, 4) is 17.0 Å². The van der Waals surface area contributed by atoms with E-state index in [9.17, 15) is 4.79 Å². The molecule has 0 bridgehead atoms. The molecule has 0 unspecified atom stereocenters. The molecule has 178 valence electrons. The summed E-state index contributed by atoms with van der Waals surface area (Å²) in [5.41, 5.74) is 10.2. The highest BCUT2D eigenvalue weighted by molar-refractivity contribution is 5.76. The van der Waals surface area contributed by atoms with E-state index in [0.29, 0.717) is 17.4 Å². The second-order valence-corrected chi connectivity index (χ2v) is 7.65. The molecule has 34 heavy (non-hydrogen) atoms. The number of nitrogen functional groups attached to an aromatic ring is 1. The molecule has 1 aliphatic rings. The van der Waals surface area contributed by atoms with Crippen LogP contribution in [0.15, 0.2) is 54.7 Å². The standard InChI is InChI=1S/C24H28N6O4/c25-20-15-17(1-6-22(20)34-12-9-26-23(32)16-31)21-7-8-27-24(29-21)28-18-2-4-19(5-3-18)30-10-13-33-14-11-30/h1-8,15,31H,9-14,16,25H2,(H,26,32)(H,27,28,29). The zero-order chi connectivity index (χ0) is 23.8. The topological polar surface area (TPSA) is 135 Å². The van der Waals surface area contributed by atoms with Crippen molar-refractivity contribution in [2.45, 2.75) is 0 Å². The van der Waals surface area contributed by atoms with Gasteiger partial charge in [0.2, 0.25) is 11.9 Å². The first-order valence-electron chi connectivity index (χ1n) is 11.1. The quantitative estimate of drug-likeness (QED) is 0.276. The van der Waals surface area contributed by atoms with E-state index in [1.54, 1.807) is 18.3 Å². The molecule has 10 nitrogen and oxygen atoms in total. The van der Waals surface area contributed by atoms with Crippen LogP contribution < -0.4 is 26.0 Å². The fraction of sp³-hybridized carbons (Fsp3) is 0.292. The number of anilines is 4. The van der Waals surface area contributed by atoms with Gasteiger partial charge in [-0.05, 0) is 48.5 Å². The van der Waals surface area contributed by atoms with Crippen LogP contribution in [0, 0.1) is 0 Å². The van der Waals surface area contributed by atoms with Gasteiger partial charge in [0.25, 0.3) is 0 Å². The monoisotopic (exact) mass is 464 g/mol. The maximum Gasteiger partial charge on any atom is 0.245 e. The maximum atomic E-state index is 11.1. The van der Waals surface area contributed by atoms with Crippen molar-refractivity contribution in [1.29, 1.82) is 0 Å². The van der Waals surface area contributed by atoms with Gasteiger partial charge < -0.3 is 35.8 Å². The normalized spacial score (nSPS) is 13.4. The van der Waals surface area contributed by atoms with E-state index < -0.39 is 12.5 Å². The number of ether oxygens (including phenoxy) is 2. The maximum absolute atomic E-state index is 11.1. The number of morpholine rings is 1. The molecule has 3 aromatic rings. The first kappa shape index (κ1) is 23.3. The first-order chi connectivity index (χ1) is 16.6. The molecule has 2 aromatic carbocycles. The molecule has 5 N–H and O–H groups in total. The van der Waals surface area contributed by atoms with Crippen LogP contribution in [-0.4, -0.2) is 67.0 Å². The summed E-state index contributed by atoms with van der Waals surface area (Å²) < 4.78 is 11.0. The van der Waals surface area contributed by atoms with Crippen molar-refractivity contribution < 1.29 is 19.4 Å². The average molecular weight is 465 g/mol. The van der Waals surface area contributed by atoms with E-state index in [4.69, 9.17) is 20.3 Å². The van der Waals surface area contributed by atoms with Crippen LogP contribution >= 0.6 is 0 Å². The molecule has 1 aliphatic heterocycles. The molecule has 1 fully saturated rings. The summed E-state index contributed by atoms with van der Waals surface area (Å²) in [6.45, 7) is 3.25. The zero-order valence-corrected chi connectivity index (χ0v) is 18.7. The molecule has 0 atom stereocenters. The number of carbonyl (C=O) groups excluding carboxylic acids is 1. The molecule has 1 amide bonds. The van der Waals surface area contributed by atoms with Crippen LogP contribution in [0.5, 0.6) is 5.75 Å². The summed E-state index contributed by atoms with van der Waals surface area (Å²) in [5, 5.41) is 14.5. The Balaban J connectivity index is 1.38. The van der Waals surface area contributed by atoms with Crippen LogP contribution in [0.4, 0.5) is 23.0 Å². The lowest BCUT2D eigenvalue weighted by molar-refractivity contribution is -0.123. The molecule has 4 rings (SSSR count). The molecule has 0 saturated carbocycles. The predicted molar refractivity (Wildman–Crippen MR) is 130 cm³/mol. The van der Waals surface area contributed by atoms with Gasteiger partial charge in [-0.1, -0.05) is 0 Å². The highest BCUT2D eigenvalue weighted by Crippen LogP contribution is 2.28. The Morgan fingerprint density at radius 2 is 1.94 bits per heavy atom. The number of benzene rings is 2. The van der Waals surface area contributed by atoms with Crippen molar-refractivity contribution in [1.82, 2.24) is 15.3 Å². The molecule has 0 radical (unpaired) electrons. The van der Waals surface area contributed by atoms with Gasteiger partial charge in [0.05, 0.1) is 31.1 Å². The van der Waals surface area contributed by atoms with Gasteiger partial charge in [-0.25, -0.2) is 9.97 Å². The number of aliphatic hydroxyl groups is 1. The molecule has 0 aliphatic carbocycles. The number of hydrogen-bond donors (Lipinski definition) is 4. The molecular formula is C24H28N6O4. The molecule has 0 spiro atoms. The van der Waals surface area contributed by atoms with Crippen LogP contribution in [0.2, 0.25) is 0 Å². The van der Waals surface area contributed by atoms with Gasteiger partial charge in [-0.2, -0.15) is 0 Å². The minimum absolute atomic E-state index is 0.237. The van der Waals surface area contributed by atoms with E-state index in [0.717, 1.165) is 48.9 Å². The number of aromatic nitrogens is 2. The first-order valence-corrected chi connectivity index (χ1v) is 11.1. The third-order valence-corrected chi connectivity index (χ3v) is 5.29. The second-order valence-electron chi connectivity index (χ2n) is 7.65. The third-order valence-electron chi connectivity index (χ3n) is 5.29. The van der Waals surface area contributed by atoms with E-state index in [-0.39, 0.29) is 13.2 Å². The number of nitrogens with one attached hydrogen (secondary N) is 2. The Morgan fingerprint density at radius 3 is 2.68 bits per heavy atom. The number of aliphatic hydroxyl groups excluding tert-OH is 1. The molecular weight excluding hydrogens is 436 g/mol. The summed E-state index contributed by atoms with van der Waals surface area (Å²) in [6, 6.07) is 15.4. The predicted octanol–water partition coefficient (Wildman–Crippen LogP) is 1.79. The summed E-state index contributed by atoms with van der Waals surface area (Å²) in [7, 11) is 0. The number of nitrogens with two attached hydrogens (primary N) is 1. The average Bonchev–Trinajstić information content (AvgIpc) is 2.88. The van der Waals surface area contributed by atoms with Crippen molar-refractivity contribution in [3.63, 3.8) is 0 Å². The summed E-state index contributed by atoms with van der Waals surface area (Å²) in [5.74, 6) is 0.540. The van der Waals surface area contributed by atoms with Crippen LogP contribution in [0.25, 0.3) is 11.3 Å². The summed E-state index contributed by atoms with van der Waals surface area (Å²) in [6.07, 6.45) is 1.69. The minimum atomic E-state index is -0.549. The smallest absolute Gasteiger partial charge is 0.245 e. The van der Waals surface area contributed by atoms with Gasteiger partial charge in [0.1, 0.15) is 19.0 Å². The van der Waals surface area contributed by atoms with Gasteiger partial charge in [0, 0.05) is 36.2 Å². The van der Waals surface area contributed by atoms with E-state index in [1.165, 1.54) is 0 Å². The van der Waals surface area contributed by atoms with Crippen molar-refractivity contribution in [3.05, 3.63) is 54.7 Å². The molecule has 10 heteroatoms. The molecule has 2 heterocycles. The van der Waals surface area contributed by atoms with Crippen LogP contribution in [-0.2, 0) is 9.53 Å². The number of rotatable bonds is 9. The minimum Gasteiger partial charge on any atom is -0.490 e. The largest absolute Gasteiger partial charge is 0.490 e. The fourth-order valence-electron chi connectivity index (χ4n) is 3.53. The Morgan fingerprint density at radius 1 is 1.15 bits per heavy atom. The Labute approximate surface area is 197 Å². The molecule has 1 aromatic heterocycles. The summed E-state index contributed by atoms with van der Waals surface area (Å²) in [4.78, 5) is 22.3. The Bertz CT molecular complexity index is 1100. The molecule has 1 saturated heterocycles. The lowest BCUT2D eigenvalue weighted by atomic mass is 10.1. The highest BCUT2D eigenvalue weighted by atomic mass is 16.5. The second kappa shape index (κ2) is 11.3. The zero-order valence-electron chi connectivity index (χ0n) is 18.7. The van der Waals surface area contributed by atoms with E-state index in [2.05, 4.69) is 37.6 Å². The van der Waals surface area contributed by atoms with Crippen LogP contribution in [0.1, 0.15) is 0 Å². The number of carbonyl (C=O) groups is 1. The van der Waals surface area contributed by atoms with Crippen LogP contribution in [0.3, 0.4) is 0 Å². The van der Waals surface area contributed by atoms with E-state index >= 15 is 0 Å². The Hall–Kier alpha value is -3.89. The van der Waals surface area contributed by atoms with E-state index in [1.807, 2.05) is 24.3 Å².